The molecule has 18 heavy (non-hydrogen) atoms. The molecule has 2 heteroatoms. The minimum atomic E-state index is 0.386. The van der Waals surface area contributed by atoms with Gasteiger partial charge in [0.1, 0.15) is 0 Å². The number of hydrogen-bond acceptors (Lipinski definition) is 2. The molecule has 0 saturated carbocycles. The summed E-state index contributed by atoms with van der Waals surface area (Å²) in [6.07, 6.45) is 2.47. The maximum atomic E-state index is 3.58. The van der Waals surface area contributed by atoms with Crippen molar-refractivity contribution in [2.75, 3.05) is 13.1 Å². The lowest BCUT2D eigenvalue weighted by Crippen LogP contribution is -2.32. The third kappa shape index (κ3) is 5.53. The van der Waals surface area contributed by atoms with E-state index < -0.39 is 0 Å². The Kier molecular flexibility index (Phi) is 5.87. The van der Waals surface area contributed by atoms with Crippen molar-refractivity contribution < 1.29 is 0 Å². The van der Waals surface area contributed by atoms with Gasteiger partial charge in [0, 0.05) is 16.3 Å². The average molecular weight is 267 g/mol. The highest BCUT2D eigenvalue weighted by atomic mass is 32.1. The zero-order valence-electron chi connectivity index (χ0n) is 12.9. The first-order chi connectivity index (χ1) is 8.30. The summed E-state index contributed by atoms with van der Waals surface area (Å²) in [6, 6.07) is 2.36. The van der Waals surface area contributed by atoms with Crippen LogP contribution in [0.15, 0.2) is 6.07 Å². The molecular weight excluding hydrogens is 238 g/mol. The van der Waals surface area contributed by atoms with Gasteiger partial charge in [-0.1, -0.05) is 27.7 Å². The van der Waals surface area contributed by atoms with Crippen LogP contribution in [-0.2, 0) is 6.42 Å². The fraction of sp³-hybridized carbons (Fsp3) is 0.750. The van der Waals surface area contributed by atoms with E-state index >= 15 is 0 Å². The molecule has 0 spiro atoms. The summed E-state index contributed by atoms with van der Waals surface area (Å²) in [4.78, 5) is 2.94. The quantitative estimate of drug-likeness (QED) is 0.763. The largest absolute Gasteiger partial charge is 0.316 e. The van der Waals surface area contributed by atoms with Gasteiger partial charge < -0.3 is 5.32 Å². The summed E-state index contributed by atoms with van der Waals surface area (Å²) in [5.41, 5.74) is 1.94. The van der Waals surface area contributed by atoms with Crippen LogP contribution < -0.4 is 5.32 Å². The zero-order chi connectivity index (χ0) is 13.8. The highest BCUT2D eigenvalue weighted by molar-refractivity contribution is 7.12. The van der Waals surface area contributed by atoms with Crippen LogP contribution in [0.25, 0.3) is 0 Å². The van der Waals surface area contributed by atoms with Gasteiger partial charge in [0.15, 0.2) is 0 Å². The van der Waals surface area contributed by atoms with Crippen LogP contribution in [-0.4, -0.2) is 13.1 Å². The summed E-state index contributed by atoms with van der Waals surface area (Å²) in [6.45, 7) is 16.0. The first-order valence-corrected chi connectivity index (χ1v) is 7.88. The number of thiophene rings is 1. The monoisotopic (exact) mass is 267 g/mol. The Balaban J connectivity index is 2.39. The van der Waals surface area contributed by atoms with Crippen molar-refractivity contribution in [1.29, 1.82) is 0 Å². The van der Waals surface area contributed by atoms with Crippen LogP contribution in [0.2, 0.25) is 0 Å². The van der Waals surface area contributed by atoms with Crippen molar-refractivity contribution in [2.24, 2.45) is 11.3 Å². The molecule has 0 atom stereocenters. The van der Waals surface area contributed by atoms with Crippen molar-refractivity contribution in [3.8, 4) is 0 Å². The van der Waals surface area contributed by atoms with Crippen LogP contribution >= 0.6 is 11.3 Å². The first kappa shape index (κ1) is 15.7. The third-order valence-corrected chi connectivity index (χ3v) is 4.38. The number of aryl methyl sites for hydroxylation is 3. The second kappa shape index (κ2) is 6.72. The van der Waals surface area contributed by atoms with E-state index in [0.29, 0.717) is 5.41 Å². The maximum Gasteiger partial charge on any atom is 0.00490 e. The molecule has 1 rings (SSSR count). The van der Waals surface area contributed by atoms with Gasteiger partial charge in [-0.25, -0.2) is 0 Å². The number of rotatable bonds is 7. The standard InChI is InChI=1S/C16H29NS/c1-12(2)10-17-11-16(5,6)8-7-15-9-13(3)18-14(15)4/h9,12,17H,7-8,10-11H2,1-6H3. The Bertz CT molecular complexity index is 363. The van der Waals surface area contributed by atoms with E-state index in [-0.39, 0.29) is 0 Å². The molecule has 0 unspecified atom stereocenters. The Hall–Kier alpha value is -0.340. The molecule has 1 aromatic rings. The van der Waals surface area contributed by atoms with E-state index in [1.807, 2.05) is 11.3 Å². The van der Waals surface area contributed by atoms with Crippen LogP contribution in [0.3, 0.4) is 0 Å². The smallest absolute Gasteiger partial charge is 0.00490 e. The Labute approximate surface area is 117 Å². The van der Waals surface area contributed by atoms with Gasteiger partial charge in [-0.2, -0.15) is 0 Å². The molecule has 0 radical (unpaired) electrons. The highest BCUT2D eigenvalue weighted by Gasteiger charge is 2.18. The summed E-state index contributed by atoms with van der Waals surface area (Å²) in [5, 5.41) is 3.58. The molecule has 1 nitrogen and oxygen atoms in total. The van der Waals surface area contributed by atoms with Crippen LogP contribution in [0, 0.1) is 25.2 Å². The van der Waals surface area contributed by atoms with E-state index in [0.717, 1.165) is 19.0 Å². The minimum absolute atomic E-state index is 0.386. The van der Waals surface area contributed by atoms with Gasteiger partial charge in [0.2, 0.25) is 0 Å². The molecule has 0 saturated heterocycles. The molecule has 104 valence electrons. The molecule has 0 bridgehead atoms. The first-order valence-electron chi connectivity index (χ1n) is 7.07. The lowest BCUT2D eigenvalue weighted by atomic mass is 9.86. The van der Waals surface area contributed by atoms with Gasteiger partial charge in [-0.15, -0.1) is 11.3 Å². The van der Waals surface area contributed by atoms with Crippen molar-refractivity contribution >= 4 is 11.3 Å². The van der Waals surface area contributed by atoms with Gasteiger partial charge in [0.05, 0.1) is 0 Å². The average Bonchev–Trinajstić information content (AvgIpc) is 2.53. The van der Waals surface area contributed by atoms with Gasteiger partial charge in [-0.3, -0.25) is 0 Å². The predicted molar refractivity (Wildman–Crippen MR) is 83.6 cm³/mol. The van der Waals surface area contributed by atoms with Gasteiger partial charge in [-0.05, 0) is 56.2 Å². The highest BCUT2D eigenvalue weighted by Crippen LogP contribution is 2.27. The molecule has 1 N–H and O–H groups in total. The summed E-state index contributed by atoms with van der Waals surface area (Å²) in [7, 11) is 0. The minimum Gasteiger partial charge on any atom is -0.316 e. The van der Waals surface area contributed by atoms with Gasteiger partial charge in [0.25, 0.3) is 0 Å². The lowest BCUT2D eigenvalue weighted by molar-refractivity contribution is 0.308. The number of nitrogens with one attached hydrogen (secondary N) is 1. The second-order valence-corrected chi connectivity index (χ2v) is 8.09. The number of hydrogen-bond donors (Lipinski definition) is 1. The summed E-state index contributed by atoms with van der Waals surface area (Å²) in [5.74, 6) is 0.738. The van der Waals surface area contributed by atoms with Crippen LogP contribution in [0.1, 0.15) is 49.4 Å². The Morgan fingerprint density at radius 3 is 2.44 bits per heavy atom. The van der Waals surface area contributed by atoms with Crippen molar-refractivity contribution in [3.05, 3.63) is 21.4 Å². The van der Waals surface area contributed by atoms with E-state index in [1.165, 1.54) is 22.6 Å². The predicted octanol–water partition coefficient (Wildman–Crippen LogP) is 4.57. The summed E-state index contributed by atoms with van der Waals surface area (Å²) >= 11 is 1.93. The maximum absolute atomic E-state index is 3.58. The van der Waals surface area contributed by atoms with E-state index in [9.17, 15) is 0 Å². The third-order valence-electron chi connectivity index (χ3n) is 3.37. The van der Waals surface area contributed by atoms with Crippen LogP contribution in [0.5, 0.6) is 0 Å². The Morgan fingerprint density at radius 1 is 1.28 bits per heavy atom. The molecule has 0 amide bonds. The van der Waals surface area contributed by atoms with Crippen molar-refractivity contribution in [3.63, 3.8) is 0 Å². The van der Waals surface area contributed by atoms with Crippen LogP contribution in [0.4, 0.5) is 0 Å². The molecular formula is C16H29NS. The molecule has 1 heterocycles. The fourth-order valence-electron chi connectivity index (χ4n) is 2.19. The van der Waals surface area contributed by atoms with Crippen molar-refractivity contribution in [1.82, 2.24) is 5.32 Å². The molecule has 0 aliphatic rings. The topological polar surface area (TPSA) is 12.0 Å². The van der Waals surface area contributed by atoms with E-state index in [1.54, 1.807) is 5.56 Å². The van der Waals surface area contributed by atoms with E-state index in [4.69, 9.17) is 0 Å². The molecule has 0 aromatic carbocycles. The zero-order valence-corrected chi connectivity index (χ0v) is 13.7. The molecule has 0 fully saturated rings. The SMILES string of the molecule is Cc1cc(CCC(C)(C)CNCC(C)C)c(C)s1. The molecule has 0 aliphatic heterocycles. The second-order valence-electron chi connectivity index (χ2n) is 6.63. The Morgan fingerprint density at radius 2 is 1.94 bits per heavy atom. The molecule has 1 aromatic heterocycles. The van der Waals surface area contributed by atoms with Crippen molar-refractivity contribution in [2.45, 2.75) is 54.4 Å². The fourth-order valence-corrected chi connectivity index (χ4v) is 3.17. The lowest BCUT2D eigenvalue weighted by Gasteiger charge is -2.25. The van der Waals surface area contributed by atoms with Gasteiger partial charge >= 0.3 is 0 Å². The van der Waals surface area contributed by atoms with E-state index in [2.05, 4.69) is 52.9 Å². The molecule has 0 aliphatic carbocycles. The summed E-state index contributed by atoms with van der Waals surface area (Å²) < 4.78 is 0. The normalized spacial score (nSPS) is 12.4.